The molecule has 88 valence electrons. The van der Waals surface area contributed by atoms with Gasteiger partial charge in [0.1, 0.15) is 0 Å². The first-order chi connectivity index (χ1) is 7.22. The summed E-state index contributed by atoms with van der Waals surface area (Å²) >= 11 is 0. The third kappa shape index (κ3) is 2.71. The number of piperazine rings is 1. The fourth-order valence-electron chi connectivity index (χ4n) is 2.68. The Balaban J connectivity index is 1.92. The zero-order valence-electron chi connectivity index (χ0n) is 10.0. The quantitative estimate of drug-likeness (QED) is 0.746. The van der Waals surface area contributed by atoms with E-state index in [2.05, 4.69) is 23.6 Å². The van der Waals surface area contributed by atoms with E-state index in [1.54, 1.807) is 0 Å². The predicted octanol–water partition coefficient (Wildman–Crippen LogP) is 0.783. The van der Waals surface area contributed by atoms with Gasteiger partial charge < -0.3 is 5.11 Å². The van der Waals surface area contributed by atoms with Gasteiger partial charge in [-0.1, -0.05) is 13.8 Å². The molecule has 3 nitrogen and oxygen atoms in total. The summed E-state index contributed by atoms with van der Waals surface area (Å²) in [5.41, 5.74) is 0. The van der Waals surface area contributed by atoms with Gasteiger partial charge in [0.2, 0.25) is 0 Å². The molecule has 2 rings (SSSR count). The van der Waals surface area contributed by atoms with Gasteiger partial charge in [-0.15, -0.1) is 0 Å². The Morgan fingerprint density at radius 3 is 2.53 bits per heavy atom. The number of rotatable bonds is 4. The Morgan fingerprint density at radius 2 is 2.00 bits per heavy atom. The van der Waals surface area contributed by atoms with Gasteiger partial charge in [-0.05, 0) is 18.8 Å². The van der Waals surface area contributed by atoms with E-state index < -0.39 is 0 Å². The molecular weight excluding hydrogens is 188 g/mol. The van der Waals surface area contributed by atoms with Crippen LogP contribution in [0, 0.1) is 5.92 Å². The SMILES string of the molecule is CC(C)C1CN(CCO)CCN1C1CC1. The molecule has 2 fully saturated rings. The maximum atomic E-state index is 8.98. The summed E-state index contributed by atoms with van der Waals surface area (Å²) in [6, 6.07) is 1.59. The third-order valence-corrected chi connectivity index (χ3v) is 3.75. The van der Waals surface area contributed by atoms with E-state index in [1.165, 1.54) is 19.4 Å². The molecular formula is C12H24N2O. The van der Waals surface area contributed by atoms with Crippen LogP contribution < -0.4 is 0 Å². The zero-order valence-corrected chi connectivity index (χ0v) is 10.0. The van der Waals surface area contributed by atoms with E-state index in [1.807, 2.05) is 0 Å². The second-order valence-corrected chi connectivity index (χ2v) is 5.30. The number of aliphatic hydroxyl groups is 1. The Hall–Kier alpha value is -0.120. The molecule has 0 bridgehead atoms. The van der Waals surface area contributed by atoms with Gasteiger partial charge >= 0.3 is 0 Å². The minimum absolute atomic E-state index is 0.300. The first kappa shape index (κ1) is 11.4. The van der Waals surface area contributed by atoms with Crippen LogP contribution in [-0.2, 0) is 0 Å². The van der Waals surface area contributed by atoms with Crippen molar-refractivity contribution in [3.8, 4) is 0 Å². The van der Waals surface area contributed by atoms with Crippen molar-refractivity contribution < 1.29 is 5.11 Å². The van der Waals surface area contributed by atoms with E-state index in [9.17, 15) is 0 Å². The summed E-state index contributed by atoms with van der Waals surface area (Å²) in [6.45, 7) is 9.28. The van der Waals surface area contributed by atoms with Crippen LogP contribution in [0.2, 0.25) is 0 Å². The van der Waals surface area contributed by atoms with Crippen LogP contribution in [-0.4, -0.2) is 59.8 Å². The smallest absolute Gasteiger partial charge is 0.0558 e. The summed E-state index contributed by atoms with van der Waals surface area (Å²) in [5.74, 6) is 0.729. The Morgan fingerprint density at radius 1 is 1.27 bits per heavy atom. The number of hydrogen-bond acceptors (Lipinski definition) is 3. The molecule has 15 heavy (non-hydrogen) atoms. The monoisotopic (exact) mass is 212 g/mol. The highest BCUT2D eigenvalue weighted by molar-refractivity contribution is 4.94. The molecule has 0 aromatic carbocycles. The van der Waals surface area contributed by atoms with E-state index in [-0.39, 0.29) is 0 Å². The molecule has 1 heterocycles. The largest absolute Gasteiger partial charge is 0.395 e. The molecule has 1 aliphatic carbocycles. The second-order valence-electron chi connectivity index (χ2n) is 5.30. The van der Waals surface area contributed by atoms with Crippen LogP contribution in [0.3, 0.4) is 0 Å². The summed E-state index contributed by atoms with van der Waals surface area (Å²) in [5, 5.41) is 8.98. The lowest BCUT2D eigenvalue weighted by Gasteiger charge is -2.43. The summed E-state index contributed by atoms with van der Waals surface area (Å²) in [4.78, 5) is 5.11. The van der Waals surface area contributed by atoms with Gasteiger partial charge in [-0.25, -0.2) is 0 Å². The summed E-state index contributed by atoms with van der Waals surface area (Å²) in [7, 11) is 0. The first-order valence-corrected chi connectivity index (χ1v) is 6.31. The lowest BCUT2D eigenvalue weighted by Crippen LogP contribution is -2.56. The molecule has 3 heteroatoms. The summed E-state index contributed by atoms with van der Waals surface area (Å²) in [6.07, 6.45) is 2.81. The molecule has 1 atom stereocenters. The molecule has 1 N–H and O–H groups in total. The lowest BCUT2D eigenvalue weighted by atomic mass is 9.99. The van der Waals surface area contributed by atoms with Crippen molar-refractivity contribution in [3.05, 3.63) is 0 Å². The highest BCUT2D eigenvalue weighted by Crippen LogP contribution is 2.32. The maximum absolute atomic E-state index is 8.98. The highest BCUT2D eigenvalue weighted by atomic mass is 16.3. The molecule has 2 aliphatic rings. The molecule has 0 aromatic heterocycles. The minimum Gasteiger partial charge on any atom is -0.395 e. The van der Waals surface area contributed by atoms with Crippen molar-refractivity contribution in [1.82, 2.24) is 9.80 Å². The molecule has 0 aromatic rings. The fraction of sp³-hybridized carbons (Fsp3) is 1.00. The minimum atomic E-state index is 0.300. The fourth-order valence-corrected chi connectivity index (χ4v) is 2.68. The van der Waals surface area contributed by atoms with Crippen LogP contribution >= 0.6 is 0 Å². The average molecular weight is 212 g/mol. The molecule has 0 amide bonds. The van der Waals surface area contributed by atoms with Crippen LogP contribution in [0.25, 0.3) is 0 Å². The third-order valence-electron chi connectivity index (χ3n) is 3.75. The van der Waals surface area contributed by atoms with Gasteiger partial charge in [0.05, 0.1) is 6.61 Å². The van der Waals surface area contributed by atoms with Gasteiger partial charge in [-0.2, -0.15) is 0 Å². The van der Waals surface area contributed by atoms with E-state index >= 15 is 0 Å². The van der Waals surface area contributed by atoms with Crippen molar-refractivity contribution in [2.45, 2.75) is 38.8 Å². The van der Waals surface area contributed by atoms with Crippen molar-refractivity contribution in [3.63, 3.8) is 0 Å². The van der Waals surface area contributed by atoms with E-state index in [0.29, 0.717) is 12.6 Å². The number of nitrogens with zero attached hydrogens (tertiary/aromatic N) is 2. The molecule has 0 spiro atoms. The van der Waals surface area contributed by atoms with Crippen molar-refractivity contribution in [2.75, 3.05) is 32.8 Å². The van der Waals surface area contributed by atoms with Crippen LogP contribution in [0.4, 0.5) is 0 Å². The Labute approximate surface area is 93.1 Å². The normalized spacial score (nSPS) is 30.0. The Kier molecular flexibility index (Phi) is 3.65. The maximum Gasteiger partial charge on any atom is 0.0558 e. The van der Waals surface area contributed by atoms with E-state index in [0.717, 1.165) is 31.6 Å². The van der Waals surface area contributed by atoms with Crippen molar-refractivity contribution in [1.29, 1.82) is 0 Å². The second kappa shape index (κ2) is 4.81. The van der Waals surface area contributed by atoms with Gasteiger partial charge in [0, 0.05) is 38.3 Å². The van der Waals surface area contributed by atoms with Crippen LogP contribution in [0.15, 0.2) is 0 Å². The first-order valence-electron chi connectivity index (χ1n) is 6.31. The number of aliphatic hydroxyl groups excluding tert-OH is 1. The molecule has 1 saturated carbocycles. The molecule has 1 saturated heterocycles. The molecule has 1 unspecified atom stereocenters. The van der Waals surface area contributed by atoms with Crippen LogP contribution in [0.1, 0.15) is 26.7 Å². The lowest BCUT2D eigenvalue weighted by molar-refractivity contribution is 0.0362. The van der Waals surface area contributed by atoms with Crippen LogP contribution in [0.5, 0.6) is 0 Å². The highest BCUT2D eigenvalue weighted by Gasteiger charge is 2.38. The molecule has 0 radical (unpaired) electrons. The van der Waals surface area contributed by atoms with Crippen molar-refractivity contribution in [2.24, 2.45) is 5.92 Å². The summed E-state index contributed by atoms with van der Waals surface area (Å²) < 4.78 is 0. The van der Waals surface area contributed by atoms with Crippen molar-refractivity contribution >= 4 is 0 Å². The predicted molar refractivity (Wildman–Crippen MR) is 61.9 cm³/mol. The topological polar surface area (TPSA) is 26.7 Å². The number of hydrogen-bond donors (Lipinski definition) is 1. The van der Waals surface area contributed by atoms with Gasteiger partial charge in [0.15, 0.2) is 0 Å². The van der Waals surface area contributed by atoms with E-state index in [4.69, 9.17) is 5.11 Å². The van der Waals surface area contributed by atoms with Gasteiger partial charge in [-0.3, -0.25) is 9.80 Å². The Bertz CT molecular complexity index is 204. The number of β-amino-alcohol motifs (C(OH)–C–C–N with tert-alkyl or cyclic N) is 1. The zero-order chi connectivity index (χ0) is 10.8. The molecule has 1 aliphatic heterocycles. The van der Waals surface area contributed by atoms with Gasteiger partial charge in [0.25, 0.3) is 0 Å². The average Bonchev–Trinajstić information content (AvgIpc) is 3.01. The standard InChI is InChI=1S/C12H24N2O/c1-10(2)12-9-13(7-8-15)5-6-14(12)11-3-4-11/h10-12,15H,3-9H2,1-2H3.